The highest BCUT2D eigenvalue weighted by atomic mass is 28.4. The summed E-state index contributed by atoms with van der Waals surface area (Å²) in [7, 11) is -2.95. The highest BCUT2D eigenvalue weighted by Gasteiger charge is 2.58. The number of carbonyl (C=O) groups excluding carboxylic acids is 3. The number of nitrogens with one attached hydrogen (secondary N) is 1. The largest absolute Gasteiger partial charge is 0.516 e. The van der Waals surface area contributed by atoms with Crippen LogP contribution >= 0.6 is 0 Å². The normalized spacial score (nSPS) is 13.8. The quantitative estimate of drug-likeness (QED) is 0.110. The van der Waals surface area contributed by atoms with E-state index in [1.807, 2.05) is 109 Å². The lowest BCUT2D eigenvalue weighted by molar-refractivity contribution is -0.141. The molecule has 6 nitrogen and oxygen atoms in total. The number of hydrogen-bond acceptors (Lipinski definition) is 5. The van der Waals surface area contributed by atoms with Crippen LogP contribution in [0.25, 0.3) is 0 Å². The van der Waals surface area contributed by atoms with Crippen LogP contribution in [0, 0.1) is 5.92 Å². The SMILES string of the molecule is CC(C)[Si](OC(=O)[C@H](Cc1ccccc1)NC(=O)[C@@H](CC(=O)[C@@H](N)Cc1ccccc1)Cc1ccccc1)(C(C)C)C(C)(C)c1ccccc1. The summed E-state index contributed by atoms with van der Waals surface area (Å²) < 4.78 is 6.90. The summed E-state index contributed by atoms with van der Waals surface area (Å²) in [6, 6.07) is 37.5. The van der Waals surface area contributed by atoms with Crippen molar-refractivity contribution in [2.24, 2.45) is 11.7 Å². The Morgan fingerprint density at radius 1 is 0.660 bits per heavy atom. The zero-order valence-corrected chi connectivity index (χ0v) is 31.5. The first-order valence-corrected chi connectivity index (χ1v) is 19.9. The standard InChI is InChI=1S/C43H54N2O4Si/c1-31(2)50(32(3)4,43(5,6)37-25-17-10-18-26-37)49-42(48)39(29-35-23-15-9-16-24-35)45-41(47)36(27-33-19-11-7-12-20-33)30-40(46)38(44)28-34-21-13-8-14-22-34/h7-26,31-32,36,38-39H,27-30,44H2,1-6H3,(H,45,47)/t36-,38+,39+/m1/s1. The van der Waals surface area contributed by atoms with Gasteiger partial charge in [-0.3, -0.25) is 14.4 Å². The second kappa shape index (κ2) is 17.5. The average molecular weight is 691 g/mol. The Kier molecular flexibility index (Phi) is 13.5. The van der Waals surface area contributed by atoms with Crippen molar-refractivity contribution >= 4 is 26.0 Å². The molecule has 0 bridgehead atoms. The maximum absolute atomic E-state index is 14.6. The molecule has 264 valence electrons. The molecule has 4 rings (SSSR count). The van der Waals surface area contributed by atoms with Crippen molar-refractivity contribution in [1.29, 1.82) is 0 Å². The van der Waals surface area contributed by atoms with E-state index in [4.69, 9.17) is 10.2 Å². The summed E-state index contributed by atoms with van der Waals surface area (Å²) >= 11 is 0. The molecule has 0 unspecified atom stereocenters. The number of carbonyl (C=O) groups is 3. The van der Waals surface area contributed by atoms with Crippen LogP contribution in [0.3, 0.4) is 0 Å². The van der Waals surface area contributed by atoms with Gasteiger partial charge in [0.05, 0.1) is 6.04 Å². The molecule has 0 heterocycles. The number of nitrogens with two attached hydrogens (primary N) is 1. The number of ketones is 1. The third-order valence-corrected chi connectivity index (χ3v) is 16.4. The number of amides is 1. The predicted molar refractivity (Wildman–Crippen MR) is 205 cm³/mol. The van der Waals surface area contributed by atoms with E-state index < -0.39 is 37.3 Å². The van der Waals surface area contributed by atoms with Gasteiger partial charge in [-0.1, -0.05) is 163 Å². The highest BCUT2D eigenvalue weighted by Crippen LogP contribution is 2.48. The summed E-state index contributed by atoms with van der Waals surface area (Å²) in [5.74, 6) is -1.72. The lowest BCUT2D eigenvalue weighted by atomic mass is 9.89. The number of Topliss-reactive ketones (excluding diaryl/α,β-unsaturated/α-hetero) is 1. The van der Waals surface area contributed by atoms with Crippen LogP contribution < -0.4 is 11.1 Å². The fourth-order valence-electron chi connectivity index (χ4n) is 7.66. The van der Waals surface area contributed by atoms with Gasteiger partial charge in [0.1, 0.15) is 6.04 Å². The van der Waals surface area contributed by atoms with Gasteiger partial charge in [-0.25, -0.2) is 0 Å². The minimum absolute atomic E-state index is 0.0421. The Morgan fingerprint density at radius 2 is 1.08 bits per heavy atom. The molecule has 50 heavy (non-hydrogen) atoms. The topological polar surface area (TPSA) is 98.5 Å². The van der Waals surface area contributed by atoms with E-state index in [2.05, 4.69) is 59.0 Å². The first-order valence-electron chi connectivity index (χ1n) is 17.8. The van der Waals surface area contributed by atoms with Crippen LogP contribution in [-0.2, 0) is 43.1 Å². The molecular weight excluding hydrogens is 637 g/mol. The van der Waals surface area contributed by atoms with Crippen LogP contribution in [-0.4, -0.2) is 38.1 Å². The van der Waals surface area contributed by atoms with E-state index in [9.17, 15) is 14.4 Å². The molecule has 0 aliphatic rings. The summed E-state index contributed by atoms with van der Waals surface area (Å²) in [6.45, 7) is 13.0. The van der Waals surface area contributed by atoms with Crippen LogP contribution in [0.4, 0.5) is 0 Å². The zero-order valence-electron chi connectivity index (χ0n) is 30.5. The summed E-state index contributed by atoms with van der Waals surface area (Å²) in [6.07, 6.45) is 0.939. The van der Waals surface area contributed by atoms with Gasteiger partial charge in [0, 0.05) is 23.8 Å². The maximum atomic E-state index is 14.6. The van der Waals surface area contributed by atoms with E-state index in [0.717, 1.165) is 22.3 Å². The van der Waals surface area contributed by atoms with Gasteiger partial charge < -0.3 is 15.5 Å². The summed E-state index contributed by atoms with van der Waals surface area (Å²) in [4.78, 5) is 42.5. The monoisotopic (exact) mass is 690 g/mol. The summed E-state index contributed by atoms with van der Waals surface area (Å²) in [5, 5.41) is 2.66. The van der Waals surface area contributed by atoms with E-state index in [0.29, 0.717) is 12.8 Å². The Balaban J connectivity index is 1.66. The van der Waals surface area contributed by atoms with Crippen molar-refractivity contribution in [3.05, 3.63) is 144 Å². The van der Waals surface area contributed by atoms with Crippen molar-refractivity contribution in [3.63, 3.8) is 0 Å². The van der Waals surface area contributed by atoms with Crippen LogP contribution in [0.15, 0.2) is 121 Å². The molecule has 7 heteroatoms. The van der Waals surface area contributed by atoms with E-state index in [-0.39, 0.29) is 35.6 Å². The molecule has 0 saturated carbocycles. The Bertz CT molecular complexity index is 1650. The molecule has 0 aliphatic heterocycles. The van der Waals surface area contributed by atoms with E-state index in [1.54, 1.807) is 0 Å². The van der Waals surface area contributed by atoms with Crippen molar-refractivity contribution in [2.45, 2.75) is 95.4 Å². The van der Waals surface area contributed by atoms with Gasteiger partial charge in [-0.05, 0) is 46.2 Å². The molecule has 0 aliphatic carbocycles. The Labute approximate surface area is 300 Å². The minimum atomic E-state index is -2.95. The Hall–Kier alpha value is -4.33. The molecule has 0 fully saturated rings. The second-order valence-corrected chi connectivity index (χ2v) is 20.0. The summed E-state index contributed by atoms with van der Waals surface area (Å²) in [5.41, 5.74) is 10.5. The lowest BCUT2D eigenvalue weighted by Gasteiger charge is -2.49. The first kappa shape index (κ1) is 38.5. The molecule has 4 aromatic carbocycles. The molecular formula is C43H54N2O4Si. The van der Waals surface area contributed by atoms with E-state index >= 15 is 0 Å². The van der Waals surface area contributed by atoms with Crippen molar-refractivity contribution in [3.8, 4) is 0 Å². The molecule has 3 atom stereocenters. The minimum Gasteiger partial charge on any atom is -0.516 e. The van der Waals surface area contributed by atoms with Gasteiger partial charge in [-0.15, -0.1) is 0 Å². The van der Waals surface area contributed by atoms with Crippen LogP contribution in [0.5, 0.6) is 0 Å². The number of benzene rings is 4. The smallest absolute Gasteiger partial charge is 0.315 e. The van der Waals surface area contributed by atoms with E-state index in [1.165, 1.54) is 0 Å². The Morgan fingerprint density at radius 3 is 1.54 bits per heavy atom. The van der Waals surface area contributed by atoms with Gasteiger partial charge in [0.25, 0.3) is 8.32 Å². The lowest BCUT2D eigenvalue weighted by Crippen LogP contribution is -2.62. The van der Waals surface area contributed by atoms with Gasteiger partial charge in [0.2, 0.25) is 5.91 Å². The van der Waals surface area contributed by atoms with Crippen molar-refractivity contribution in [1.82, 2.24) is 5.32 Å². The fraction of sp³-hybridized carbons (Fsp3) is 0.372. The average Bonchev–Trinajstić information content (AvgIpc) is 3.11. The maximum Gasteiger partial charge on any atom is 0.315 e. The third kappa shape index (κ3) is 9.46. The van der Waals surface area contributed by atoms with Crippen LogP contribution in [0.2, 0.25) is 11.1 Å². The predicted octanol–water partition coefficient (Wildman–Crippen LogP) is 7.93. The first-order chi connectivity index (χ1) is 23.8. The van der Waals surface area contributed by atoms with Crippen LogP contribution in [0.1, 0.15) is 70.2 Å². The second-order valence-electron chi connectivity index (χ2n) is 14.6. The molecule has 1 amide bonds. The van der Waals surface area contributed by atoms with Gasteiger partial charge in [0.15, 0.2) is 5.78 Å². The molecule has 4 aromatic rings. The van der Waals surface area contributed by atoms with Gasteiger partial charge >= 0.3 is 5.97 Å². The van der Waals surface area contributed by atoms with Crippen molar-refractivity contribution < 1.29 is 18.8 Å². The van der Waals surface area contributed by atoms with Gasteiger partial charge in [-0.2, -0.15) is 0 Å². The number of rotatable bonds is 17. The zero-order chi connectivity index (χ0) is 36.3. The highest BCUT2D eigenvalue weighted by molar-refractivity contribution is 6.80. The fourth-order valence-corrected chi connectivity index (χ4v) is 13.7. The molecule has 0 radical (unpaired) electrons. The molecule has 0 spiro atoms. The molecule has 0 saturated heterocycles. The third-order valence-electron chi connectivity index (χ3n) is 10.2. The number of hydrogen-bond donors (Lipinski definition) is 2. The van der Waals surface area contributed by atoms with Crippen molar-refractivity contribution in [2.75, 3.05) is 0 Å². The molecule has 0 aromatic heterocycles. The molecule has 3 N–H and O–H groups in total.